The number of rotatable bonds is 3. The first-order valence-corrected chi connectivity index (χ1v) is 9.21. The molecule has 0 bridgehead atoms. The lowest BCUT2D eigenvalue weighted by Crippen LogP contribution is -2.37. The zero-order valence-electron chi connectivity index (χ0n) is 14.0. The quantitative estimate of drug-likeness (QED) is 0.720. The van der Waals surface area contributed by atoms with Crippen LogP contribution in [0, 0.1) is 0 Å². The fourth-order valence-electron chi connectivity index (χ4n) is 3.20. The van der Waals surface area contributed by atoms with Crippen LogP contribution >= 0.6 is 23.2 Å². The summed E-state index contributed by atoms with van der Waals surface area (Å²) in [6, 6.07) is 15.3. The van der Waals surface area contributed by atoms with E-state index in [2.05, 4.69) is 4.98 Å². The van der Waals surface area contributed by atoms with Crippen molar-refractivity contribution in [2.75, 3.05) is 6.54 Å². The molecule has 4 rings (SSSR count). The number of fused-ring (bicyclic) bond motifs is 1. The van der Waals surface area contributed by atoms with Crippen molar-refractivity contribution in [2.24, 2.45) is 0 Å². The minimum Gasteiger partial charge on any atom is -0.340 e. The maximum atomic E-state index is 12.7. The van der Waals surface area contributed by atoms with Gasteiger partial charge in [-0.1, -0.05) is 59.6 Å². The third kappa shape index (κ3) is 3.35. The number of carbonyl (C=O) groups is 1. The highest BCUT2D eigenvalue weighted by Crippen LogP contribution is 2.27. The minimum atomic E-state index is 0.0153. The number of nitrogens with one attached hydrogen (secondary N) is 1. The Morgan fingerprint density at radius 2 is 1.81 bits per heavy atom. The molecule has 0 fully saturated rings. The van der Waals surface area contributed by atoms with E-state index in [0.29, 0.717) is 28.7 Å². The van der Waals surface area contributed by atoms with Gasteiger partial charge in [-0.2, -0.15) is 0 Å². The van der Waals surface area contributed by atoms with Crippen LogP contribution in [0.3, 0.4) is 0 Å². The van der Waals surface area contributed by atoms with Gasteiger partial charge in [-0.3, -0.25) is 4.79 Å². The third-order valence-electron chi connectivity index (χ3n) is 4.62. The molecular formula is C20H17Cl2N3O. The highest BCUT2D eigenvalue weighted by atomic mass is 35.5. The molecule has 0 radical (unpaired) electrons. The number of H-pyrrole nitrogens is 1. The van der Waals surface area contributed by atoms with Gasteiger partial charge in [-0.15, -0.1) is 0 Å². The van der Waals surface area contributed by atoms with Gasteiger partial charge in [0, 0.05) is 28.6 Å². The second-order valence-corrected chi connectivity index (χ2v) is 7.13. The number of imidazole rings is 1. The summed E-state index contributed by atoms with van der Waals surface area (Å²) in [6.45, 7) is 1.17. The Hall–Kier alpha value is -2.30. The van der Waals surface area contributed by atoms with Crippen LogP contribution in [0.15, 0.2) is 48.5 Å². The van der Waals surface area contributed by atoms with E-state index in [1.165, 1.54) is 0 Å². The third-order valence-corrected chi connectivity index (χ3v) is 5.33. The molecule has 2 aromatic carbocycles. The predicted molar refractivity (Wildman–Crippen MR) is 103 cm³/mol. The van der Waals surface area contributed by atoms with Crippen LogP contribution in [-0.4, -0.2) is 27.3 Å². The summed E-state index contributed by atoms with van der Waals surface area (Å²) in [6.07, 6.45) is 0.939. The summed E-state index contributed by atoms with van der Waals surface area (Å²) in [7, 11) is 0. The van der Waals surface area contributed by atoms with Crippen molar-refractivity contribution in [3.63, 3.8) is 0 Å². The van der Waals surface area contributed by atoms with Crippen LogP contribution in [-0.2, 0) is 24.2 Å². The second-order valence-electron chi connectivity index (χ2n) is 6.32. The molecule has 132 valence electrons. The number of aromatic amines is 1. The summed E-state index contributed by atoms with van der Waals surface area (Å²) in [5.41, 5.74) is 3.75. The van der Waals surface area contributed by atoms with Crippen LogP contribution in [0.2, 0.25) is 10.0 Å². The van der Waals surface area contributed by atoms with Crippen LogP contribution in [0.4, 0.5) is 0 Å². The van der Waals surface area contributed by atoms with Crippen LogP contribution in [0.5, 0.6) is 0 Å². The van der Waals surface area contributed by atoms with E-state index in [-0.39, 0.29) is 12.3 Å². The van der Waals surface area contributed by atoms with Gasteiger partial charge in [0.25, 0.3) is 0 Å². The molecule has 1 amide bonds. The van der Waals surface area contributed by atoms with Crippen molar-refractivity contribution < 1.29 is 4.79 Å². The first kappa shape index (κ1) is 17.1. The number of hydrogen-bond acceptors (Lipinski definition) is 2. The number of hydrogen-bond donors (Lipinski definition) is 1. The maximum Gasteiger partial charge on any atom is 0.227 e. The summed E-state index contributed by atoms with van der Waals surface area (Å²) in [5, 5.41) is 1.05. The largest absolute Gasteiger partial charge is 0.340 e. The molecule has 4 nitrogen and oxygen atoms in total. The number of nitrogens with zero attached hydrogens (tertiary/aromatic N) is 2. The summed E-state index contributed by atoms with van der Waals surface area (Å²) >= 11 is 12.4. The Morgan fingerprint density at radius 1 is 1.08 bits per heavy atom. The Balaban J connectivity index is 1.51. The molecule has 0 unspecified atom stereocenters. The van der Waals surface area contributed by atoms with Gasteiger partial charge in [0.2, 0.25) is 5.91 Å². The smallest absolute Gasteiger partial charge is 0.227 e. The standard InChI is InChI=1S/C20H17Cl2N3O/c21-15-7-4-8-16(22)14(15)11-19(26)25-10-9-17-18(12-25)24-20(23-17)13-5-2-1-3-6-13/h1-8H,9-12H2,(H,23,24). The molecular weight excluding hydrogens is 369 g/mol. The van der Waals surface area contributed by atoms with E-state index in [1.807, 2.05) is 35.2 Å². The number of benzene rings is 2. The van der Waals surface area contributed by atoms with Crippen LogP contribution in [0.25, 0.3) is 11.4 Å². The minimum absolute atomic E-state index is 0.0153. The first-order valence-electron chi connectivity index (χ1n) is 8.45. The highest BCUT2D eigenvalue weighted by molar-refractivity contribution is 6.36. The van der Waals surface area contributed by atoms with Crippen molar-refractivity contribution in [1.29, 1.82) is 0 Å². The zero-order chi connectivity index (χ0) is 18.1. The molecule has 0 saturated carbocycles. The van der Waals surface area contributed by atoms with Gasteiger partial charge in [0.15, 0.2) is 0 Å². The molecule has 26 heavy (non-hydrogen) atoms. The highest BCUT2D eigenvalue weighted by Gasteiger charge is 2.25. The average molecular weight is 386 g/mol. The number of aromatic nitrogens is 2. The normalized spacial score (nSPS) is 13.5. The first-order chi connectivity index (χ1) is 12.6. The fourth-order valence-corrected chi connectivity index (χ4v) is 3.73. The van der Waals surface area contributed by atoms with Gasteiger partial charge in [-0.25, -0.2) is 4.98 Å². The van der Waals surface area contributed by atoms with Crippen LogP contribution < -0.4 is 0 Å². The van der Waals surface area contributed by atoms with E-state index in [1.54, 1.807) is 18.2 Å². The summed E-state index contributed by atoms with van der Waals surface area (Å²) in [5.74, 6) is 0.862. The van der Waals surface area contributed by atoms with E-state index in [4.69, 9.17) is 28.2 Å². The van der Waals surface area contributed by atoms with Crippen molar-refractivity contribution >= 4 is 29.1 Å². The van der Waals surface area contributed by atoms with Gasteiger partial charge >= 0.3 is 0 Å². The second kappa shape index (κ2) is 7.14. The van der Waals surface area contributed by atoms with Gasteiger partial charge < -0.3 is 9.88 Å². The Bertz CT molecular complexity index is 933. The monoisotopic (exact) mass is 385 g/mol. The summed E-state index contributed by atoms with van der Waals surface area (Å²) in [4.78, 5) is 22.6. The molecule has 1 aliphatic heterocycles. The topological polar surface area (TPSA) is 49.0 Å². The van der Waals surface area contributed by atoms with Crippen molar-refractivity contribution in [2.45, 2.75) is 19.4 Å². The molecule has 0 saturated heterocycles. The molecule has 0 spiro atoms. The fraction of sp³-hybridized carbons (Fsp3) is 0.200. The molecule has 0 aliphatic carbocycles. The number of amides is 1. The molecule has 1 N–H and O–H groups in total. The lowest BCUT2D eigenvalue weighted by Gasteiger charge is -2.26. The SMILES string of the molecule is O=C(Cc1c(Cl)cccc1Cl)N1CCc2nc(-c3ccccc3)[nH]c2C1. The molecule has 1 aromatic heterocycles. The predicted octanol–water partition coefficient (Wildman–Crippen LogP) is 4.51. The van der Waals surface area contributed by atoms with E-state index in [9.17, 15) is 4.79 Å². The van der Waals surface area contributed by atoms with Crippen molar-refractivity contribution in [3.8, 4) is 11.4 Å². The van der Waals surface area contributed by atoms with Gasteiger partial charge in [-0.05, 0) is 17.7 Å². The van der Waals surface area contributed by atoms with Crippen molar-refractivity contribution in [1.82, 2.24) is 14.9 Å². The molecule has 2 heterocycles. The lowest BCUT2D eigenvalue weighted by molar-refractivity contribution is -0.131. The molecule has 6 heteroatoms. The Kier molecular flexibility index (Phi) is 4.70. The Morgan fingerprint density at radius 3 is 2.54 bits per heavy atom. The molecule has 0 atom stereocenters. The van der Waals surface area contributed by atoms with Gasteiger partial charge in [0.05, 0.1) is 24.4 Å². The Labute approximate surface area is 161 Å². The number of carbonyl (C=O) groups excluding carboxylic acids is 1. The van der Waals surface area contributed by atoms with Gasteiger partial charge in [0.1, 0.15) is 5.82 Å². The molecule has 3 aromatic rings. The summed E-state index contributed by atoms with van der Waals surface area (Å²) < 4.78 is 0. The zero-order valence-corrected chi connectivity index (χ0v) is 15.5. The maximum absolute atomic E-state index is 12.7. The van der Waals surface area contributed by atoms with E-state index < -0.39 is 0 Å². The van der Waals surface area contributed by atoms with E-state index >= 15 is 0 Å². The average Bonchev–Trinajstić information content (AvgIpc) is 3.09. The number of halogens is 2. The van der Waals surface area contributed by atoms with Crippen molar-refractivity contribution in [3.05, 3.63) is 75.5 Å². The molecule has 1 aliphatic rings. The van der Waals surface area contributed by atoms with Crippen LogP contribution in [0.1, 0.15) is 17.0 Å². The lowest BCUT2D eigenvalue weighted by atomic mass is 10.1. The van der Waals surface area contributed by atoms with E-state index in [0.717, 1.165) is 29.2 Å².